The number of methoxy groups -OCH3 is 1. The summed E-state index contributed by atoms with van der Waals surface area (Å²) < 4.78 is 30.0. The number of esters is 1. The van der Waals surface area contributed by atoms with Crippen molar-refractivity contribution in [3.63, 3.8) is 0 Å². The van der Waals surface area contributed by atoms with Crippen molar-refractivity contribution in [1.82, 2.24) is 0 Å². The smallest absolute Gasteiger partial charge is 0.327 e. The molecule has 0 heterocycles. The molecule has 82 valence electrons. The van der Waals surface area contributed by atoms with Crippen LogP contribution < -0.4 is 5.73 Å². The van der Waals surface area contributed by atoms with E-state index in [4.69, 9.17) is 5.73 Å². The van der Waals surface area contributed by atoms with Crippen molar-refractivity contribution in [1.29, 1.82) is 0 Å². The van der Waals surface area contributed by atoms with Gasteiger partial charge < -0.3 is 15.6 Å². The molecule has 0 aliphatic heterocycles. The largest absolute Gasteiger partial charge is 0.507 e. The fourth-order valence-electron chi connectivity index (χ4n) is 1.12. The Morgan fingerprint density at radius 1 is 1.53 bits per heavy atom. The number of phenolic OH excluding ortho intramolecular Hbond substituents is 1. The molecule has 0 aliphatic rings. The molecule has 0 saturated carbocycles. The summed E-state index contributed by atoms with van der Waals surface area (Å²) in [6.45, 7) is 0. The lowest BCUT2D eigenvalue weighted by molar-refractivity contribution is -0.142. The van der Waals surface area contributed by atoms with Gasteiger partial charge in [0, 0.05) is 12.1 Å². The number of carbonyl (C=O) groups excluding carboxylic acids is 1. The summed E-state index contributed by atoms with van der Waals surface area (Å²) in [5.41, 5.74) is 4.82. The molecule has 1 rings (SSSR count). The number of carbonyl (C=O) groups is 1. The number of phenols is 1. The van der Waals surface area contributed by atoms with Crippen LogP contribution in [0.2, 0.25) is 0 Å². The third-order valence-corrected chi connectivity index (χ3v) is 1.84. The van der Waals surface area contributed by atoms with Gasteiger partial charge in [0.15, 0.2) is 0 Å². The van der Waals surface area contributed by atoms with Gasteiger partial charge in [-0.1, -0.05) is 0 Å². The number of rotatable bonds is 2. The van der Waals surface area contributed by atoms with Crippen LogP contribution in [-0.4, -0.2) is 18.2 Å². The number of nitrogens with two attached hydrogens (primary N) is 1. The van der Waals surface area contributed by atoms with Crippen molar-refractivity contribution >= 4 is 5.97 Å². The molecule has 0 aromatic heterocycles. The number of hydrogen-bond donors (Lipinski definition) is 2. The zero-order valence-corrected chi connectivity index (χ0v) is 7.83. The summed E-state index contributed by atoms with van der Waals surface area (Å²) in [5.74, 6) is -3.68. The lowest BCUT2D eigenvalue weighted by Crippen LogP contribution is -2.23. The van der Waals surface area contributed by atoms with Crippen molar-refractivity contribution in [3.05, 3.63) is 29.3 Å². The first-order valence-corrected chi connectivity index (χ1v) is 3.98. The lowest BCUT2D eigenvalue weighted by atomic mass is 10.1. The Labute approximate surface area is 84.3 Å². The first-order chi connectivity index (χ1) is 6.97. The molecule has 0 spiro atoms. The summed E-state index contributed by atoms with van der Waals surface area (Å²) in [4.78, 5) is 11.0. The summed E-state index contributed by atoms with van der Waals surface area (Å²) in [6, 6.07) is -0.283. The quantitative estimate of drug-likeness (QED) is 0.720. The van der Waals surface area contributed by atoms with Gasteiger partial charge in [-0.3, -0.25) is 4.79 Å². The monoisotopic (exact) mass is 217 g/mol. The van der Waals surface area contributed by atoms with E-state index in [0.717, 1.165) is 7.11 Å². The molecular formula is C9H9F2NO3. The lowest BCUT2D eigenvalue weighted by Gasteiger charge is -2.12. The molecular weight excluding hydrogens is 208 g/mol. The van der Waals surface area contributed by atoms with E-state index in [-0.39, 0.29) is 0 Å². The van der Waals surface area contributed by atoms with E-state index in [1.165, 1.54) is 0 Å². The van der Waals surface area contributed by atoms with E-state index in [1.54, 1.807) is 0 Å². The maximum Gasteiger partial charge on any atom is 0.327 e. The van der Waals surface area contributed by atoms with Gasteiger partial charge in [0.1, 0.15) is 23.4 Å². The zero-order chi connectivity index (χ0) is 11.6. The Bertz CT molecular complexity index is 372. The Hall–Kier alpha value is -1.69. The third kappa shape index (κ3) is 2.21. The topological polar surface area (TPSA) is 72.5 Å². The molecule has 1 atom stereocenters. The second-order valence-corrected chi connectivity index (χ2v) is 2.82. The van der Waals surface area contributed by atoms with Crippen LogP contribution in [0, 0.1) is 11.6 Å². The normalized spacial score (nSPS) is 12.3. The van der Waals surface area contributed by atoms with Crippen molar-refractivity contribution in [2.75, 3.05) is 7.11 Å². The summed E-state index contributed by atoms with van der Waals surface area (Å²) >= 11 is 0. The predicted molar refractivity (Wildman–Crippen MR) is 47.0 cm³/mol. The first kappa shape index (κ1) is 11.4. The molecule has 0 aliphatic carbocycles. The van der Waals surface area contributed by atoms with E-state index < -0.39 is 35.0 Å². The van der Waals surface area contributed by atoms with Crippen LogP contribution in [0.5, 0.6) is 5.75 Å². The Morgan fingerprint density at radius 2 is 2.13 bits per heavy atom. The number of hydrogen-bond acceptors (Lipinski definition) is 4. The fourth-order valence-corrected chi connectivity index (χ4v) is 1.12. The summed E-state index contributed by atoms with van der Waals surface area (Å²) in [5, 5.41) is 9.22. The highest BCUT2D eigenvalue weighted by Crippen LogP contribution is 2.27. The van der Waals surface area contributed by atoms with Crippen molar-refractivity contribution in [2.24, 2.45) is 5.73 Å². The van der Waals surface area contributed by atoms with Gasteiger partial charge in [-0.2, -0.15) is 0 Å². The molecule has 6 heteroatoms. The highest BCUT2D eigenvalue weighted by Gasteiger charge is 2.24. The molecule has 3 N–H and O–H groups in total. The molecule has 1 aromatic rings. The average Bonchev–Trinajstić information content (AvgIpc) is 2.14. The van der Waals surface area contributed by atoms with Gasteiger partial charge in [0.05, 0.1) is 12.7 Å². The van der Waals surface area contributed by atoms with Crippen molar-refractivity contribution in [3.8, 4) is 5.75 Å². The zero-order valence-electron chi connectivity index (χ0n) is 7.83. The van der Waals surface area contributed by atoms with Crippen LogP contribution in [0.3, 0.4) is 0 Å². The van der Waals surface area contributed by atoms with E-state index in [2.05, 4.69) is 4.74 Å². The van der Waals surface area contributed by atoms with Gasteiger partial charge in [0.2, 0.25) is 0 Å². The second-order valence-electron chi connectivity index (χ2n) is 2.82. The van der Waals surface area contributed by atoms with E-state index in [9.17, 15) is 18.7 Å². The highest BCUT2D eigenvalue weighted by atomic mass is 19.1. The van der Waals surface area contributed by atoms with Crippen LogP contribution in [0.15, 0.2) is 12.1 Å². The SMILES string of the molecule is COC(=O)[C@H](N)c1c(O)cc(F)cc1F. The highest BCUT2D eigenvalue weighted by molar-refractivity contribution is 5.78. The van der Waals surface area contributed by atoms with Gasteiger partial charge in [-0.05, 0) is 0 Å². The molecule has 4 nitrogen and oxygen atoms in total. The standard InChI is InChI=1S/C9H9F2NO3/c1-15-9(14)8(12)7-5(11)2-4(10)3-6(7)13/h2-3,8,13H,12H2,1H3/t8-/m1/s1. The summed E-state index contributed by atoms with van der Waals surface area (Å²) in [6.07, 6.45) is 0. The van der Waals surface area contributed by atoms with E-state index in [1.807, 2.05) is 0 Å². The van der Waals surface area contributed by atoms with Crippen LogP contribution >= 0.6 is 0 Å². The van der Waals surface area contributed by atoms with Crippen LogP contribution in [0.25, 0.3) is 0 Å². The molecule has 15 heavy (non-hydrogen) atoms. The molecule has 0 fully saturated rings. The summed E-state index contributed by atoms with van der Waals surface area (Å²) in [7, 11) is 1.07. The Kier molecular flexibility index (Phi) is 3.21. The Morgan fingerprint density at radius 3 is 2.60 bits per heavy atom. The maximum atomic E-state index is 13.2. The molecule has 0 bridgehead atoms. The molecule has 0 radical (unpaired) electrons. The van der Waals surface area contributed by atoms with Crippen molar-refractivity contribution < 1.29 is 23.4 Å². The first-order valence-electron chi connectivity index (χ1n) is 3.98. The third-order valence-electron chi connectivity index (χ3n) is 1.84. The molecule has 0 unspecified atom stereocenters. The fraction of sp³-hybridized carbons (Fsp3) is 0.222. The number of benzene rings is 1. The second kappa shape index (κ2) is 4.22. The average molecular weight is 217 g/mol. The van der Waals surface area contributed by atoms with Crippen molar-refractivity contribution in [2.45, 2.75) is 6.04 Å². The molecule has 1 aromatic carbocycles. The number of halogens is 2. The minimum absolute atomic E-state index is 0.483. The van der Waals surface area contributed by atoms with Crippen LogP contribution in [-0.2, 0) is 9.53 Å². The van der Waals surface area contributed by atoms with E-state index in [0.29, 0.717) is 12.1 Å². The van der Waals surface area contributed by atoms with Crippen LogP contribution in [0.1, 0.15) is 11.6 Å². The minimum Gasteiger partial charge on any atom is -0.507 e. The molecule has 0 saturated heterocycles. The predicted octanol–water partition coefficient (Wildman–Crippen LogP) is 0.843. The van der Waals surface area contributed by atoms with Gasteiger partial charge in [0.25, 0.3) is 0 Å². The van der Waals surface area contributed by atoms with Gasteiger partial charge >= 0.3 is 5.97 Å². The maximum absolute atomic E-state index is 13.2. The number of aromatic hydroxyl groups is 1. The van der Waals surface area contributed by atoms with Crippen LogP contribution in [0.4, 0.5) is 8.78 Å². The minimum atomic E-state index is -1.48. The van der Waals surface area contributed by atoms with E-state index >= 15 is 0 Å². The van der Waals surface area contributed by atoms with Gasteiger partial charge in [-0.25, -0.2) is 8.78 Å². The number of ether oxygens (including phenoxy) is 1. The van der Waals surface area contributed by atoms with Gasteiger partial charge in [-0.15, -0.1) is 0 Å². The molecule has 0 amide bonds. The Balaban J connectivity index is 3.19.